The van der Waals surface area contributed by atoms with Crippen molar-refractivity contribution in [1.82, 2.24) is 9.55 Å². The molecular weight excluding hydrogens is 308 g/mol. The van der Waals surface area contributed by atoms with E-state index >= 15 is 0 Å². The van der Waals surface area contributed by atoms with E-state index in [9.17, 15) is 9.90 Å². The first kappa shape index (κ1) is 12.4. The average molecular weight is 321 g/mol. The zero-order chi connectivity index (χ0) is 13.5. The smallest absolute Gasteiger partial charge is 0.314 e. The summed E-state index contributed by atoms with van der Waals surface area (Å²) in [5.74, 6) is -0.721. The van der Waals surface area contributed by atoms with E-state index < -0.39 is 11.4 Å². The lowest BCUT2D eigenvalue weighted by molar-refractivity contribution is -0.147. The van der Waals surface area contributed by atoms with Gasteiger partial charge >= 0.3 is 5.97 Å². The lowest BCUT2D eigenvalue weighted by Crippen LogP contribution is -2.42. The lowest BCUT2D eigenvalue weighted by Gasteiger charge is -2.38. The zero-order valence-electron chi connectivity index (χ0n) is 10.2. The molecule has 0 unspecified atom stereocenters. The van der Waals surface area contributed by atoms with Crippen LogP contribution in [0.3, 0.4) is 0 Å². The standard InChI is InChI=1S/C14H13BrN2O2/c15-11-8-10(14(13(18)19)4-1-5-14)2-3-12(11)17-7-6-16-9-17/h2-3,6-9H,1,4-5H2,(H,18,19). The summed E-state index contributed by atoms with van der Waals surface area (Å²) in [6.45, 7) is 0. The van der Waals surface area contributed by atoms with E-state index in [1.54, 1.807) is 12.5 Å². The first-order valence-electron chi connectivity index (χ1n) is 6.15. The van der Waals surface area contributed by atoms with Crippen molar-refractivity contribution >= 4 is 21.9 Å². The second-order valence-corrected chi connectivity index (χ2v) is 5.73. The minimum Gasteiger partial charge on any atom is -0.481 e. The Morgan fingerprint density at radius 1 is 1.42 bits per heavy atom. The van der Waals surface area contributed by atoms with Crippen LogP contribution in [0.1, 0.15) is 24.8 Å². The summed E-state index contributed by atoms with van der Waals surface area (Å²) < 4.78 is 2.78. The van der Waals surface area contributed by atoms with Gasteiger partial charge in [0.15, 0.2) is 0 Å². The maximum atomic E-state index is 11.5. The van der Waals surface area contributed by atoms with Gasteiger partial charge in [0.1, 0.15) is 0 Å². The summed E-state index contributed by atoms with van der Waals surface area (Å²) in [6.07, 6.45) is 7.71. The Kier molecular flexibility index (Phi) is 2.93. The van der Waals surface area contributed by atoms with Crippen molar-refractivity contribution in [2.75, 3.05) is 0 Å². The number of rotatable bonds is 3. The molecule has 1 fully saturated rings. The van der Waals surface area contributed by atoms with Crippen LogP contribution in [0.2, 0.25) is 0 Å². The highest BCUT2D eigenvalue weighted by atomic mass is 79.9. The lowest BCUT2D eigenvalue weighted by atomic mass is 9.64. The fourth-order valence-electron chi connectivity index (χ4n) is 2.57. The van der Waals surface area contributed by atoms with Crippen molar-refractivity contribution in [2.24, 2.45) is 0 Å². The number of benzene rings is 1. The van der Waals surface area contributed by atoms with Crippen LogP contribution in [0, 0.1) is 0 Å². The topological polar surface area (TPSA) is 55.1 Å². The third kappa shape index (κ3) is 1.89. The van der Waals surface area contributed by atoms with Crippen molar-refractivity contribution < 1.29 is 9.90 Å². The number of aliphatic carboxylic acids is 1. The molecule has 0 spiro atoms. The predicted molar refractivity (Wildman–Crippen MR) is 74.4 cm³/mol. The predicted octanol–water partition coefficient (Wildman–Crippen LogP) is 3.14. The number of halogens is 1. The van der Waals surface area contributed by atoms with Crippen molar-refractivity contribution in [2.45, 2.75) is 24.7 Å². The monoisotopic (exact) mass is 320 g/mol. The summed E-state index contributed by atoms with van der Waals surface area (Å²) in [5.41, 5.74) is 1.15. The highest BCUT2D eigenvalue weighted by Gasteiger charge is 2.46. The molecule has 0 saturated heterocycles. The summed E-state index contributed by atoms with van der Waals surface area (Å²) in [7, 11) is 0. The number of carbonyl (C=O) groups is 1. The van der Waals surface area contributed by atoms with Crippen LogP contribution < -0.4 is 0 Å². The van der Waals surface area contributed by atoms with Gasteiger partial charge in [0.25, 0.3) is 0 Å². The van der Waals surface area contributed by atoms with E-state index in [0.29, 0.717) is 0 Å². The maximum absolute atomic E-state index is 11.5. The number of hydrogen-bond donors (Lipinski definition) is 1. The molecule has 1 aliphatic carbocycles. The van der Waals surface area contributed by atoms with E-state index in [2.05, 4.69) is 20.9 Å². The summed E-state index contributed by atoms with van der Waals surface area (Å²) in [4.78, 5) is 15.5. The Bertz CT molecular complexity index is 618. The Balaban J connectivity index is 2.02. The summed E-state index contributed by atoms with van der Waals surface area (Å²) >= 11 is 3.52. The first-order valence-corrected chi connectivity index (χ1v) is 6.94. The van der Waals surface area contributed by atoms with Crippen LogP contribution in [-0.4, -0.2) is 20.6 Å². The molecule has 0 aliphatic heterocycles. The molecule has 1 aliphatic rings. The van der Waals surface area contributed by atoms with Gasteiger partial charge in [-0.2, -0.15) is 0 Å². The van der Waals surface area contributed by atoms with Crippen LogP contribution >= 0.6 is 15.9 Å². The first-order chi connectivity index (χ1) is 9.13. The molecule has 19 heavy (non-hydrogen) atoms. The normalized spacial score (nSPS) is 16.9. The van der Waals surface area contributed by atoms with E-state index in [-0.39, 0.29) is 0 Å². The van der Waals surface area contributed by atoms with Crippen molar-refractivity contribution in [3.8, 4) is 5.69 Å². The van der Waals surface area contributed by atoms with Gasteiger partial charge in [0.2, 0.25) is 0 Å². The molecule has 0 radical (unpaired) electrons. The van der Waals surface area contributed by atoms with Crippen molar-refractivity contribution in [1.29, 1.82) is 0 Å². The second-order valence-electron chi connectivity index (χ2n) is 4.88. The van der Waals surface area contributed by atoms with Gasteiger partial charge in [-0.3, -0.25) is 4.79 Å². The van der Waals surface area contributed by atoms with E-state index in [1.807, 2.05) is 29.0 Å². The third-order valence-corrected chi connectivity index (χ3v) is 4.53. The Morgan fingerprint density at radius 2 is 2.21 bits per heavy atom. The van der Waals surface area contributed by atoms with Gasteiger partial charge in [-0.05, 0) is 46.5 Å². The average Bonchev–Trinajstić information content (AvgIpc) is 2.80. The van der Waals surface area contributed by atoms with Gasteiger partial charge in [-0.25, -0.2) is 4.98 Å². The number of nitrogens with zero attached hydrogens (tertiary/aromatic N) is 2. The molecule has 1 aromatic heterocycles. The minimum absolute atomic E-state index is 0.685. The highest BCUT2D eigenvalue weighted by Crippen LogP contribution is 2.45. The Hall–Kier alpha value is -1.62. The van der Waals surface area contributed by atoms with Gasteiger partial charge < -0.3 is 9.67 Å². The fraction of sp³-hybridized carbons (Fsp3) is 0.286. The van der Waals surface area contributed by atoms with Crippen molar-refractivity contribution in [3.05, 3.63) is 47.0 Å². The van der Waals surface area contributed by atoms with Crippen LogP contribution in [-0.2, 0) is 10.2 Å². The van der Waals surface area contributed by atoms with Gasteiger partial charge in [-0.15, -0.1) is 0 Å². The molecule has 0 atom stereocenters. The largest absolute Gasteiger partial charge is 0.481 e. The Morgan fingerprint density at radius 3 is 2.68 bits per heavy atom. The van der Waals surface area contributed by atoms with Gasteiger partial charge in [0.05, 0.1) is 17.4 Å². The molecule has 98 valence electrons. The number of hydrogen-bond acceptors (Lipinski definition) is 2. The molecular formula is C14H13BrN2O2. The molecule has 1 saturated carbocycles. The zero-order valence-corrected chi connectivity index (χ0v) is 11.8. The van der Waals surface area contributed by atoms with E-state index in [0.717, 1.165) is 35.0 Å². The molecule has 2 aromatic rings. The minimum atomic E-state index is -0.721. The van der Waals surface area contributed by atoms with Crippen LogP contribution in [0.25, 0.3) is 5.69 Å². The molecule has 1 heterocycles. The molecule has 1 N–H and O–H groups in total. The van der Waals surface area contributed by atoms with E-state index in [1.165, 1.54) is 0 Å². The fourth-order valence-corrected chi connectivity index (χ4v) is 3.16. The molecule has 0 amide bonds. The van der Waals surface area contributed by atoms with Gasteiger partial charge in [0, 0.05) is 16.9 Å². The summed E-state index contributed by atoms with van der Waals surface area (Å²) in [6, 6.07) is 5.76. The van der Waals surface area contributed by atoms with Crippen LogP contribution in [0.15, 0.2) is 41.4 Å². The number of aromatic nitrogens is 2. The molecule has 3 rings (SSSR count). The number of carboxylic acid groups (broad SMARTS) is 1. The summed E-state index contributed by atoms with van der Waals surface area (Å²) in [5, 5.41) is 9.45. The quantitative estimate of drug-likeness (QED) is 0.945. The van der Waals surface area contributed by atoms with Crippen molar-refractivity contribution in [3.63, 3.8) is 0 Å². The highest BCUT2D eigenvalue weighted by molar-refractivity contribution is 9.10. The SMILES string of the molecule is O=C(O)C1(c2ccc(-n3ccnc3)c(Br)c2)CCC1. The Labute approximate surface area is 119 Å². The van der Waals surface area contributed by atoms with Crippen LogP contribution in [0.5, 0.6) is 0 Å². The molecule has 5 heteroatoms. The van der Waals surface area contributed by atoms with Gasteiger partial charge in [-0.1, -0.05) is 12.5 Å². The number of carboxylic acids is 1. The molecule has 4 nitrogen and oxygen atoms in total. The second kappa shape index (κ2) is 4.49. The molecule has 0 bridgehead atoms. The number of imidazole rings is 1. The van der Waals surface area contributed by atoms with E-state index in [4.69, 9.17) is 0 Å². The van der Waals surface area contributed by atoms with Crippen LogP contribution in [0.4, 0.5) is 0 Å². The third-order valence-electron chi connectivity index (χ3n) is 3.90. The molecule has 1 aromatic carbocycles. The maximum Gasteiger partial charge on any atom is 0.314 e.